The Kier molecular flexibility index (Phi) is 5.08. The molecular formula is C21H28N4O4. The number of nitrogens with one attached hydrogen (secondary N) is 2. The third kappa shape index (κ3) is 3.51. The molecule has 3 N–H and O–H groups in total. The molecule has 0 spiro atoms. The summed E-state index contributed by atoms with van der Waals surface area (Å²) < 4.78 is 0. The molecule has 0 aliphatic carbocycles. The van der Waals surface area contributed by atoms with Crippen molar-refractivity contribution in [1.29, 1.82) is 0 Å². The smallest absolute Gasteiger partial charge is 0.325 e. The second kappa shape index (κ2) is 7.42. The SMILES string of the molecule is CC1(C)NC(=O)N(CC(=O)N2C[C@@H](c3ccccc3)[C@@H]3[C@H](O)CCNC[C@H]32)C1=O. The maximum atomic E-state index is 13.2. The number of urea groups is 1. The van der Waals surface area contributed by atoms with Crippen LogP contribution in [0.15, 0.2) is 30.3 Å². The Morgan fingerprint density at radius 1 is 1.24 bits per heavy atom. The fraction of sp³-hybridized carbons (Fsp3) is 0.571. The summed E-state index contributed by atoms with van der Waals surface area (Å²) in [4.78, 5) is 40.6. The summed E-state index contributed by atoms with van der Waals surface area (Å²) in [7, 11) is 0. The standard InChI is InChI=1S/C21H28N4O4/c1-21(2)19(28)25(20(29)23-21)12-17(27)24-11-14(13-6-4-3-5-7-13)18-15(24)10-22-9-8-16(18)26/h3-7,14-16,18,22,26H,8-12H2,1-2H3,(H,23,29)/t14-,15+,16+,18-/m0/s1. The molecule has 4 rings (SSSR count). The Hall–Kier alpha value is -2.45. The van der Waals surface area contributed by atoms with Crippen LogP contribution in [0.25, 0.3) is 0 Å². The van der Waals surface area contributed by atoms with Crippen molar-refractivity contribution in [3.8, 4) is 0 Å². The number of imide groups is 1. The number of amides is 4. The highest BCUT2D eigenvalue weighted by molar-refractivity contribution is 6.08. The number of fused-ring (bicyclic) bond motifs is 1. The third-order valence-corrected chi connectivity index (χ3v) is 6.40. The number of carbonyl (C=O) groups is 3. The molecule has 8 nitrogen and oxygen atoms in total. The van der Waals surface area contributed by atoms with E-state index in [2.05, 4.69) is 10.6 Å². The molecule has 156 valence electrons. The molecule has 3 saturated heterocycles. The lowest BCUT2D eigenvalue weighted by atomic mass is 9.81. The lowest BCUT2D eigenvalue weighted by Crippen LogP contribution is -2.49. The zero-order valence-corrected chi connectivity index (χ0v) is 16.8. The van der Waals surface area contributed by atoms with E-state index in [1.54, 1.807) is 18.7 Å². The Morgan fingerprint density at radius 2 is 1.97 bits per heavy atom. The number of benzene rings is 1. The average molecular weight is 400 g/mol. The van der Waals surface area contributed by atoms with Crippen LogP contribution >= 0.6 is 0 Å². The normalized spacial score (nSPS) is 31.4. The molecule has 3 aliphatic heterocycles. The fourth-order valence-electron chi connectivity index (χ4n) is 4.91. The number of aliphatic hydroxyl groups is 1. The van der Waals surface area contributed by atoms with Gasteiger partial charge in [0, 0.05) is 24.9 Å². The van der Waals surface area contributed by atoms with Gasteiger partial charge in [-0.15, -0.1) is 0 Å². The average Bonchev–Trinajstić information content (AvgIpc) is 3.08. The summed E-state index contributed by atoms with van der Waals surface area (Å²) >= 11 is 0. The van der Waals surface area contributed by atoms with Crippen LogP contribution < -0.4 is 10.6 Å². The molecule has 0 saturated carbocycles. The predicted octanol–water partition coefficient (Wildman–Crippen LogP) is 0.282. The highest BCUT2D eigenvalue weighted by atomic mass is 16.3. The van der Waals surface area contributed by atoms with Crippen molar-refractivity contribution < 1.29 is 19.5 Å². The summed E-state index contributed by atoms with van der Waals surface area (Å²) in [5.41, 5.74) is 0.0900. The second-order valence-corrected chi connectivity index (χ2v) is 8.71. The van der Waals surface area contributed by atoms with Crippen molar-refractivity contribution in [2.75, 3.05) is 26.2 Å². The number of hydrogen-bond donors (Lipinski definition) is 3. The van der Waals surface area contributed by atoms with Gasteiger partial charge in [0.25, 0.3) is 5.91 Å². The lowest BCUT2D eigenvalue weighted by Gasteiger charge is -2.30. The van der Waals surface area contributed by atoms with E-state index in [1.165, 1.54) is 0 Å². The van der Waals surface area contributed by atoms with Crippen LogP contribution in [-0.4, -0.2) is 76.6 Å². The van der Waals surface area contributed by atoms with Crippen LogP contribution in [0.1, 0.15) is 31.7 Å². The van der Waals surface area contributed by atoms with E-state index >= 15 is 0 Å². The van der Waals surface area contributed by atoms with Gasteiger partial charge >= 0.3 is 6.03 Å². The molecule has 0 aromatic heterocycles. The van der Waals surface area contributed by atoms with E-state index in [9.17, 15) is 19.5 Å². The predicted molar refractivity (Wildman–Crippen MR) is 106 cm³/mol. The minimum atomic E-state index is -1.00. The van der Waals surface area contributed by atoms with Gasteiger partial charge in [-0.1, -0.05) is 30.3 Å². The first-order valence-electron chi connectivity index (χ1n) is 10.2. The number of aliphatic hydroxyl groups excluding tert-OH is 1. The van der Waals surface area contributed by atoms with Crippen LogP contribution in [0.2, 0.25) is 0 Å². The van der Waals surface area contributed by atoms with Gasteiger partial charge in [-0.3, -0.25) is 14.5 Å². The van der Waals surface area contributed by atoms with Gasteiger partial charge < -0.3 is 20.6 Å². The lowest BCUT2D eigenvalue weighted by molar-refractivity contribution is -0.139. The fourth-order valence-corrected chi connectivity index (χ4v) is 4.91. The molecule has 3 aliphatic rings. The summed E-state index contributed by atoms with van der Waals surface area (Å²) in [6.07, 6.45) is 0.113. The molecular weight excluding hydrogens is 372 g/mol. The minimum absolute atomic E-state index is 0.0135. The Bertz CT molecular complexity index is 812. The summed E-state index contributed by atoms with van der Waals surface area (Å²) in [5, 5.41) is 16.7. The van der Waals surface area contributed by atoms with Gasteiger partial charge in [0.15, 0.2) is 0 Å². The summed E-state index contributed by atoms with van der Waals surface area (Å²) in [6, 6.07) is 9.21. The maximum absolute atomic E-state index is 13.2. The molecule has 4 atom stereocenters. The second-order valence-electron chi connectivity index (χ2n) is 8.71. The molecule has 3 heterocycles. The summed E-state index contributed by atoms with van der Waals surface area (Å²) in [6.45, 7) is 4.71. The van der Waals surface area contributed by atoms with E-state index in [0.29, 0.717) is 26.1 Å². The van der Waals surface area contributed by atoms with Gasteiger partial charge in [0.05, 0.1) is 12.1 Å². The molecule has 29 heavy (non-hydrogen) atoms. The molecule has 1 aromatic rings. The van der Waals surface area contributed by atoms with Crippen LogP contribution in [-0.2, 0) is 9.59 Å². The van der Waals surface area contributed by atoms with Crippen LogP contribution in [0.4, 0.5) is 4.79 Å². The van der Waals surface area contributed by atoms with Gasteiger partial charge in [0.2, 0.25) is 5.91 Å². The summed E-state index contributed by atoms with van der Waals surface area (Å²) in [5.74, 6) is -0.740. The number of likely N-dealkylation sites (tertiary alicyclic amines) is 1. The first-order chi connectivity index (χ1) is 13.8. The van der Waals surface area contributed by atoms with Crippen molar-refractivity contribution in [3.05, 3.63) is 35.9 Å². The molecule has 8 heteroatoms. The minimum Gasteiger partial charge on any atom is -0.393 e. The van der Waals surface area contributed by atoms with E-state index in [1.807, 2.05) is 30.3 Å². The molecule has 1 aromatic carbocycles. The molecule has 0 unspecified atom stereocenters. The van der Waals surface area contributed by atoms with Crippen molar-refractivity contribution in [2.24, 2.45) is 5.92 Å². The third-order valence-electron chi connectivity index (χ3n) is 6.40. The van der Waals surface area contributed by atoms with E-state index in [-0.39, 0.29) is 30.3 Å². The highest BCUT2D eigenvalue weighted by Crippen LogP contribution is 2.41. The van der Waals surface area contributed by atoms with Crippen LogP contribution in [0.5, 0.6) is 0 Å². The first kappa shape index (κ1) is 19.8. The maximum Gasteiger partial charge on any atom is 0.325 e. The zero-order chi connectivity index (χ0) is 20.8. The van der Waals surface area contributed by atoms with Crippen molar-refractivity contribution in [2.45, 2.75) is 43.9 Å². The van der Waals surface area contributed by atoms with Crippen LogP contribution in [0, 0.1) is 5.92 Å². The topological polar surface area (TPSA) is 102 Å². The quantitative estimate of drug-likeness (QED) is 0.633. The van der Waals surface area contributed by atoms with Crippen molar-refractivity contribution in [3.63, 3.8) is 0 Å². The molecule has 3 fully saturated rings. The number of rotatable bonds is 3. The van der Waals surface area contributed by atoms with Gasteiger partial charge in [0.1, 0.15) is 12.1 Å². The number of carbonyl (C=O) groups excluding carboxylic acids is 3. The van der Waals surface area contributed by atoms with E-state index in [4.69, 9.17) is 0 Å². The Morgan fingerprint density at radius 3 is 2.62 bits per heavy atom. The number of nitrogens with zero attached hydrogens (tertiary/aromatic N) is 2. The highest BCUT2D eigenvalue weighted by Gasteiger charge is 2.50. The van der Waals surface area contributed by atoms with Gasteiger partial charge in [-0.2, -0.15) is 0 Å². The van der Waals surface area contributed by atoms with Crippen LogP contribution in [0.3, 0.4) is 0 Å². The van der Waals surface area contributed by atoms with Crippen molar-refractivity contribution >= 4 is 17.8 Å². The Balaban J connectivity index is 1.59. The van der Waals surface area contributed by atoms with E-state index < -0.39 is 23.6 Å². The van der Waals surface area contributed by atoms with Gasteiger partial charge in [-0.05, 0) is 32.4 Å². The largest absolute Gasteiger partial charge is 0.393 e. The van der Waals surface area contributed by atoms with Gasteiger partial charge in [-0.25, -0.2) is 4.79 Å². The molecule has 0 bridgehead atoms. The van der Waals surface area contributed by atoms with Crippen molar-refractivity contribution in [1.82, 2.24) is 20.4 Å². The number of hydrogen-bond acceptors (Lipinski definition) is 5. The monoisotopic (exact) mass is 400 g/mol. The molecule has 0 radical (unpaired) electrons. The van der Waals surface area contributed by atoms with E-state index in [0.717, 1.165) is 10.5 Å². The molecule has 4 amide bonds. The first-order valence-corrected chi connectivity index (χ1v) is 10.2. The Labute approximate surface area is 170 Å². The zero-order valence-electron chi connectivity index (χ0n) is 16.8.